The number of azo groups is 1. The van der Waals surface area contributed by atoms with Gasteiger partial charge >= 0.3 is 0 Å². The Bertz CT molecular complexity index is 653. The van der Waals surface area contributed by atoms with E-state index in [1.165, 1.54) is 18.2 Å². The number of nitrogens with zero attached hydrogens (tertiary/aromatic N) is 3. The maximum atomic E-state index is 10.7. The van der Waals surface area contributed by atoms with Gasteiger partial charge in [-0.25, -0.2) is 0 Å². The Labute approximate surface area is 109 Å². The molecule has 0 aliphatic rings. The van der Waals surface area contributed by atoms with Crippen LogP contribution in [0.25, 0.3) is 0 Å². The molecule has 0 radical (unpaired) electrons. The van der Waals surface area contributed by atoms with Gasteiger partial charge in [-0.1, -0.05) is 18.2 Å². The van der Waals surface area contributed by atoms with E-state index < -0.39 is 4.92 Å². The number of nitrogen functional groups attached to an aromatic ring is 1. The van der Waals surface area contributed by atoms with E-state index in [0.29, 0.717) is 11.4 Å². The molecule has 0 spiro atoms. The second-order valence-corrected chi connectivity index (χ2v) is 3.99. The molecule has 2 rings (SSSR count). The van der Waals surface area contributed by atoms with E-state index in [4.69, 9.17) is 5.73 Å². The van der Waals surface area contributed by atoms with Gasteiger partial charge in [0.25, 0.3) is 5.69 Å². The minimum Gasteiger partial charge on any atom is -0.397 e. The SMILES string of the molecule is Cc1ccccc1N=Nc1cc([N+](=O)[O-])ccc1N. The molecule has 0 heterocycles. The zero-order valence-electron chi connectivity index (χ0n) is 10.3. The molecule has 2 aromatic carbocycles. The van der Waals surface area contributed by atoms with Crippen molar-refractivity contribution < 1.29 is 4.92 Å². The molecule has 0 amide bonds. The van der Waals surface area contributed by atoms with Crippen molar-refractivity contribution in [2.45, 2.75) is 6.92 Å². The molecular weight excluding hydrogens is 244 g/mol. The Morgan fingerprint density at radius 2 is 1.79 bits per heavy atom. The topological polar surface area (TPSA) is 93.9 Å². The fourth-order valence-corrected chi connectivity index (χ4v) is 1.52. The van der Waals surface area contributed by atoms with Gasteiger partial charge in [0.1, 0.15) is 5.69 Å². The summed E-state index contributed by atoms with van der Waals surface area (Å²) in [4.78, 5) is 10.2. The lowest BCUT2D eigenvalue weighted by Crippen LogP contribution is -1.90. The van der Waals surface area contributed by atoms with Crippen molar-refractivity contribution in [1.29, 1.82) is 0 Å². The molecule has 2 N–H and O–H groups in total. The average molecular weight is 256 g/mol. The van der Waals surface area contributed by atoms with Gasteiger partial charge in [-0.2, -0.15) is 5.11 Å². The molecule has 0 saturated carbocycles. The van der Waals surface area contributed by atoms with Crippen LogP contribution in [0.1, 0.15) is 5.56 Å². The molecule has 19 heavy (non-hydrogen) atoms. The van der Waals surface area contributed by atoms with Crippen LogP contribution >= 0.6 is 0 Å². The summed E-state index contributed by atoms with van der Waals surface area (Å²) in [7, 11) is 0. The summed E-state index contributed by atoms with van der Waals surface area (Å²) in [5, 5.41) is 18.7. The van der Waals surface area contributed by atoms with Crippen LogP contribution in [0.15, 0.2) is 52.7 Å². The number of nitrogens with two attached hydrogens (primary N) is 1. The minimum absolute atomic E-state index is 0.0621. The highest BCUT2D eigenvalue weighted by Gasteiger charge is 2.08. The molecule has 0 unspecified atom stereocenters. The highest BCUT2D eigenvalue weighted by Crippen LogP contribution is 2.29. The van der Waals surface area contributed by atoms with Crippen molar-refractivity contribution >= 4 is 22.7 Å². The van der Waals surface area contributed by atoms with Gasteiger partial charge in [0.05, 0.1) is 16.3 Å². The van der Waals surface area contributed by atoms with Gasteiger partial charge in [0.2, 0.25) is 0 Å². The fourth-order valence-electron chi connectivity index (χ4n) is 1.52. The van der Waals surface area contributed by atoms with Crippen LogP contribution in [-0.4, -0.2) is 4.92 Å². The number of nitro benzene ring substituents is 1. The predicted molar refractivity (Wildman–Crippen MR) is 72.9 cm³/mol. The van der Waals surface area contributed by atoms with Crippen molar-refractivity contribution in [1.82, 2.24) is 0 Å². The highest BCUT2D eigenvalue weighted by molar-refractivity contribution is 5.66. The standard InChI is InChI=1S/C13H12N4O2/c1-9-4-2-3-5-12(9)15-16-13-8-10(17(18)19)6-7-11(13)14/h2-8H,14H2,1H3. The van der Waals surface area contributed by atoms with Crippen LogP contribution in [0, 0.1) is 17.0 Å². The second kappa shape index (κ2) is 5.26. The van der Waals surface area contributed by atoms with Crippen molar-refractivity contribution in [3.8, 4) is 0 Å². The molecule has 2 aromatic rings. The first-order valence-electron chi connectivity index (χ1n) is 5.59. The molecule has 0 aromatic heterocycles. The number of nitro groups is 1. The van der Waals surface area contributed by atoms with Gasteiger partial charge in [0.15, 0.2) is 0 Å². The maximum Gasteiger partial charge on any atom is 0.271 e. The molecule has 96 valence electrons. The van der Waals surface area contributed by atoms with Crippen molar-refractivity contribution in [2.75, 3.05) is 5.73 Å². The van der Waals surface area contributed by atoms with Crippen LogP contribution < -0.4 is 5.73 Å². The lowest BCUT2D eigenvalue weighted by molar-refractivity contribution is -0.384. The monoisotopic (exact) mass is 256 g/mol. The first-order chi connectivity index (χ1) is 9.08. The normalized spacial score (nSPS) is 10.8. The minimum atomic E-state index is -0.494. The summed E-state index contributed by atoms with van der Waals surface area (Å²) in [5.41, 5.74) is 7.96. The summed E-state index contributed by atoms with van der Waals surface area (Å²) in [5.74, 6) is 0. The Hall–Kier alpha value is -2.76. The molecule has 0 saturated heterocycles. The van der Waals surface area contributed by atoms with Gasteiger partial charge in [-0.3, -0.25) is 10.1 Å². The third-order valence-corrected chi connectivity index (χ3v) is 2.61. The largest absolute Gasteiger partial charge is 0.397 e. The number of hydrogen-bond donors (Lipinski definition) is 1. The number of rotatable bonds is 3. The van der Waals surface area contributed by atoms with E-state index in [1.54, 1.807) is 0 Å². The molecular formula is C13H12N4O2. The van der Waals surface area contributed by atoms with E-state index in [0.717, 1.165) is 5.56 Å². The lowest BCUT2D eigenvalue weighted by Gasteiger charge is -2.00. The van der Waals surface area contributed by atoms with E-state index in [-0.39, 0.29) is 11.4 Å². The van der Waals surface area contributed by atoms with E-state index in [9.17, 15) is 10.1 Å². The lowest BCUT2D eigenvalue weighted by atomic mass is 10.2. The molecule has 0 aliphatic carbocycles. The molecule has 6 nitrogen and oxygen atoms in total. The molecule has 0 bridgehead atoms. The summed E-state index contributed by atoms with van der Waals surface area (Å²) < 4.78 is 0. The Morgan fingerprint density at radius 3 is 2.47 bits per heavy atom. The van der Waals surface area contributed by atoms with Gasteiger partial charge < -0.3 is 5.73 Å². The molecule has 6 heteroatoms. The zero-order valence-corrected chi connectivity index (χ0v) is 10.3. The summed E-state index contributed by atoms with van der Waals surface area (Å²) in [6.07, 6.45) is 0. The Balaban J connectivity index is 2.35. The van der Waals surface area contributed by atoms with Gasteiger partial charge in [-0.15, -0.1) is 5.11 Å². The van der Waals surface area contributed by atoms with Crippen LogP contribution in [0.5, 0.6) is 0 Å². The Morgan fingerprint density at radius 1 is 1.11 bits per heavy atom. The van der Waals surface area contributed by atoms with Gasteiger partial charge in [0, 0.05) is 12.1 Å². The first kappa shape index (κ1) is 12.7. The van der Waals surface area contributed by atoms with Gasteiger partial charge in [-0.05, 0) is 24.6 Å². The number of aryl methyl sites for hydroxylation is 1. The van der Waals surface area contributed by atoms with E-state index in [1.807, 2.05) is 31.2 Å². The number of hydrogen-bond acceptors (Lipinski definition) is 5. The zero-order chi connectivity index (χ0) is 13.8. The Kier molecular flexibility index (Phi) is 3.51. The average Bonchev–Trinajstić information content (AvgIpc) is 2.39. The van der Waals surface area contributed by atoms with E-state index >= 15 is 0 Å². The summed E-state index contributed by atoms with van der Waals surface area (Å²) >= 11 is 0. The molecule has 0 fully saturated rings. The second-order valence-electron chi connectivity index (χ2n) is 3.99. The fraction of sp³-hybridized carbons (Fsp3) is 0.0769. The third kappa shape index (κ3) is 2.92. The van der Waals surface area contributed by atoms with Crippen molar-refractivity contribution in [3.63, 3.8) is 0 Å². The van der Waals surface area contributed by atoms with Crippen LogP contribution in [0.4, 0.5) is 22.7 Å². The van der Waals surface area contributed by atoms with Crippen LogP contribution in [0.2, 0.25) is 0 Å². The summed E-state index contributed by atoms with van der Waals surface area (Å²) in [6, 6.07) is 11.6. The van der Waals surface area contributed by atoms with Crippen LogP contribution in [0.3, 0.4) is 0 Å². The summed E-state index contributed by atoms with van der Waals surface area (Å²) in [6.45, 7) is 1.91. The van der Waals surface area contributed by atoms with E-state index in [2.05, 4.69) is 10.2 Å². The molecule has 0 aliphatic heterocycles. The third-order valence-electron chi connectivity index (χ3n) is 2.61. The van der Waals surface area contributed by atoms with Crippen LogP contribution in [-0.2, 0) is 0 Å². The number of benzene rings is 2. The number of anilines is 1. The molecule has 0 atom stereocenters. The highest BCUT2D eigenvalue weighted by atomic mass is 16.6. The predicted octanol–water partition coefficient (Wildman–Crippen LogP) is 3.90. The van der Waals surface area contributed by atoms with Crippen molar-refractivity contribution in [3.05, 3.63) is 58.1 Å². The van der Waals surface area contributed by atoms with Crippen molar-refractivity contribution in [2.24, 2.45) is 10.2 Å². The number of non-ortho nitro benzene ring substituents is 1. The smallest absolute Gasteiger partial charge is 0.271 e. The quantitative estimate of drug-likeness (QED) is 0.390. The first-order valence-corrected chi connectivity index (χ1v) is 5.59. The maximum absolute atomic E-state index is 10.7.